The van der Waals surface area contributed by atoms with Crippen LogP contribution in [0.2, 0.25) is 0 Å². The van der Waals surface area contributed by atoms with Crippen LogP contribution in [0.15, 0.2) is 47.1 Å². The Morgan fingerprint density at radius 3 is 2.81 bits per heavy atom. The maximum absolute atomic E-state index is 5.82. The van der Waals surface area contributed by atoms with E-state index in [1.54, 1.807) is 4.52 Å². The van der Waals surface area contributed by atoms with Crippen LogP contribution in [0.25, 0.3) is 17.2 Å². The molecular weight excluding hydrogens is 328 g/mol. The molecule has 0 atom stereocenters. The highest BCUT2D eigenvalue weighted by molar-refractivity contribution is 5.53. The lowest BCUT2D eigenvalue weighted by Gasteiger charge is -2.08. The second-order valence-corrected chi connectivity index (χ2v) is 6.02. The Hall–Kier alpha value is -3.22. The summed E-state index contributed by atoms with van der Waals surface area (Å²) in [5, 5.41) is 7.64. The smallest absolute Gasteiger partial charge is 0.254 e. The molecule has 3 heterocycles. The first-order valence-corrected chi connectivity index (χ1v) is 8.70. The third kappa shape index (κ3) is 3.15. The highest BCUT2D eigenvalue weighted by Crippen LogP contribution is 2.21. The number of rotatable bonds is 6. The first kappa shape index (κ1) is 16.3. The Balaban J connectivity index is 1.49. The molecule has 1 N–H and O–H groups in total. The van der Waals surface area contributed by atoms with Crippen LogP contribution in [0.4, 0.5) is 5.82 Å². The largest absolute Gasteiger partial charge is 0.441 e. The number of nitrogens with zero attached hydrogens (tertiary/aromatic N) is 5. The number of fused-ring (bicyclic) bond motifs is 1. The van der Waals surface area contributed by atoms with Gasteiger partial charge in [0, 0.05) is 30.3 Å². The average Bonchev–Trinajstić information content (AvgIpc) is 3.29. The zero-order valence-corrected chi connectivity index (χ0v) is 14.8. The van der Waals surface area contributed by atoms with Gasteiger partial charge in [0.25, 0.3) is 5.78 Å². The van der Waals surface area contributed by atoms with E-state index in [0.717, 1.165) is 41.4 Å². The first-order chi connectivity index (χ1) is 12.7. The molecule has 0 aliphatic heterocycles. The van der Waals surface area contributed by atoms with E-state index in [9.17, 15) is 0 Å². The molecule has 7 nitrogen and oxygen atoms in total. The van der Waals surface area contributed by atoms with Crippen molar-refractivity contribution in [3.8, 4) is 11.5 Å². The van der Waals surface area contributed by atoms with Gasteiger partial charge in [-0.1, -0.05) is 25.1 Å². The van der Waals surface area contributed by atoms with E-state index in [2.05, 4.69) is 32.3 Å². The summed E-state index contributed by atoms with van der Waals surface area (Å²) in [7, 11) is 0. The number of anilines is 1. The van der Waals surface area contributed by atoms with Gasteiger partial charge in [-0.25, -0.2) is 9.97 Å². The number of oxazole rings is 1. The summed E-state index contributed by atoms with van der Waals surface area (Å²) >= 11 is 0. The summed E-state index contributed by atoms with van der Waals surface area (Å²) in [4.78, 5) is 13.3. The minimum Gasteiger partial charge on any atom is -0.441 e. The van der Waals surface area contributed by atoms with Crippen LogP contribution in [0.5, 0.6) is 0 Å². The van der Waals surface area contributed by atoms with Gasteiger partial charge >= 0.3 is 0 Å². The van der Waals surface area contributed by atoms with Crippen molar-refractivity contribution in [2.24, 2.45) is 0 Å². The second kappa shape index (κ2) is 6.95. The van der Waals surface area contributed by atoms with Gasteiger partial charge in [0.15, 0.2) is 0 Å². The van der Waals surface area contributed by atoms with Crippen LogP contribution in [-0.4, -0.2) is 31.1 Å². The highest BCUT2D eigenvalue weighted by atomic mass is 16.4. The molecule has 0 unspecified atom stereocenters. The van der Waals surface area contributed by atoms with E-state index < -0.39 is 0 Å². The van der Waals surface area contributed by atoms with Gasteiger partial charge in [0.2, 0.25) is 5.89 Å². The molecule has 0 radical (unpaired) electrons. The fourth-order valence-corrected chi connectivity index (χ4v) is 2.84. The molecule has 132 valence electrons. The van der Waals surface area contributed by atoms with Crippen molar-refractivity contribution >= 4 is 11.6 Å². The molecule has 0 aliphatic carbocycles. The number of nitrogens with one attached hydrogen (secondary N) is 1. The molecule has 0 fully saturated rings. The molecule has 26 heavy (non-hydrogen) atoms. The molecule has 0 saturated carbocycles. The second-order valence-electron chi connectivity index (χ2n) is 6.02. The third-order valence-electron chi connectivity index (χ3n) is 4.25. The summed E-state index contributed by atoms with van der Waals surface area (Å²) in [6, 6.07) is 11.9. The molecule has 4 aromatic rings. The van der Waals surface area contributed by atoms with Crippen molar-refractivity contribution in [1.29, 1.82) is 0 Å². The molecule has 4 rings (SSSR count). The van der Waals surface area contributed by atoms with Gasteiger partial charge in [0.1, 0.15) is 17.9 Å². The van der Waals surface area contributed by atoms with E-state index in [1.165, 1.54) is 6.33 Å². The van der Waals surface area contributed by atoms with Crippen LogP contribution in [0.3, 0.4) is 0 Å². The van der Waals surface area contributed by atoms with Gasteiger partial charge in [-0.15, -0.1) is 0 Å². The molecule has 0 amide bonds. The SMILES string of the molecule is CCc1cc(NCCc2nc(-c3ccccc3)oc2C)n2ncnc2n1. The number of benzene rings is 1. The highest BCUT2D eigenvalue weighted by Gasteiger charge is 2.12. The quantitative estimate of drug-likeness (QED) is 0.576. The monoisotopic (exact) mass is 348 g/mol. The predicted molar refractivity (Wildman–Crippen MR) is 99.0 cm³/mol. The van der Waals surface area contributed by atoms with Crippen LogP contribution >= 0.6 is 0 Å². The van der Waals surface area contributed by atoms with E-state index in [0.29, 0.717) is 18.2 Å². The summed E-state index contributed by atoms with van der Waals surface area (Å²) in [5.74, 6) is 3.00. The van der Waals surface area contributed by atoms with Gasteiger partial charge in [-0.3, -0.25) is 0 Å². The molecule has 3 aromatic heterocycles. The van der Waals surface area contributed by atoms with E-state index >= 15 is 0 Å². The topological polar surface area (TPSA) is 81.1 Å². The first-order valence-electron chi connectivity index (χ1n) is 8.70. The summed E-state index contributed by atoms with van der Waals surface area (Å²) in [6.45, 7) is 4.73. The standard InChI is InChI=1S/C19H20N6O/c1-3-15-11-17(25-19(23-15)21-12-22-25)20-10-9-16-13(2)26-18(24-16)14-7-5-4-6-8-14/h4-8,11-12,20H,3,9-10H2,1-2H3. The number of hydrogen-bond donors (Lipinski definition) is 1. The molecule has 0 spiro atoms. The minimum absolute atomic E-state index is 0.607. The van der Waals surface area contributed by atoms with Crippen molar-refractivity contribution in [3.05, 3.63) is 59.9 Å². The van der Waals surface area contributed by atoms with Crippen molar-refractivity contribution in [1.82, 2.24) is 24.6 Å². The lowest BCUT2D eigenvalue weighted by molar-refractivity contribution is 0.539. The number of hydrogen-bond acceptors (Lipinski definition) is 6. The lowest BCUT2D eigenvalue weighted by atomic mass is 10.2. The molecule has 0 bridgehead atoms. The summed E-state index contributed by atoms with van der Waals surface area (Å²) in [6.07, 6.45) is 3.11. The average molecular weight is 348 g/mol. The number of aryl methyl sites for hydroxylation is 2. The summed E-state index contributed by atoms with van der Waals surface area (Å²) < 4.78 is 7.53. The van der Waals surface area contributed by atoms with Gasteiger partial charge in [-0.2, -0.15) is 14.6 Å². The minimum atomic E-state index is 0.607. The molecular formula is C19H20N6O. The zero-order valence-electron chi connectivity index (χ0n) is 14.8. The maximum atomic E-state index is 5.82. The van der Waals surface area contributed by atoms with Crippen LogP contribution in [0.1, 0.15) is 24.1 Å². The molecule has 0 saturated heterocycles. The van der Waals surface area contributed by atoms with Crippen molar-refractivity contribution < 1.29 is 4.42 Å². The van der Waals surface area contributed by atoms with Gasteiger partial charge in [-0.05, 0) is 25.5 Å². The Bertz CT molecular complexity index is 1020. The fraction of sp³-hybridized carbons (Fsp3) is 0.263. The van der Waals surface area contributed by atoms with E-state index in [1.807, 2.05) is 43.3 Å². The van der Waals surface area contributed by atoms with Crippen molar-refractivity contribution in [3.63, 3.8) is 0 Å². The predicted octanol–water partition coefficient (Wildman–Crippen LogP) is 3.30. The molecule has 1 aromatic carbocycles. The molecule has 0 aliphatic rings. The van der Waals surface area contributed by atoms with Gasteiger partial charge in [0.05, 0.1) is 5.69 Å². The van der Waals surface area contributed by atoms with Crippen molar-refractivity contribution in [2.75, 3.05) is 11.9 Å². The molecule has 7 heteroatoms. The van der Waals surface area contributed by atoms with Crippen LogP contribution in [-0.2, 0) is 12.8 Å². The van der Waals surface area contributed by atoms with Gasteiger partial charge < -0.3 is 9.73 Å². The van der Waals surface area contributed by atoms with E-state index in [-0.39, 0.29) is 0 Å². The maximum Gasteiger partial charge on any atom is 0.254 e. The van der Waals surface area contributed by atoms with Crippen LogP contribution in [0, 0.1) is 6.92 Å². The zero-order chi connectivity index (χ0) is 17.9. The third-order valence-corrected chi connectivity index (χ3v) is 4.25. The fourth-order valence-electron chi connectivity index (χ4n) is 2.84. The normalized spacial score (nSPS) is 11.2. The Labute approximate surface area is 151 Å². The van der Waals surface area contributed by atoms with Crippen molar-refractivity contribution in [2.45, 2.75) is 26.7 Å². The Morgan fingerprint density at radius 2 is 2.00 bits per heavy atom. The Kier molecular flexibility index (Phi) is 4.35. The summed E-state index contributed by atoms with van der Waals surface area (Å²) in [5.41, 5.74) is 2.92. The van der Waals surface area contributed by atoms with E-state index in [4.69, 9.17) is 4.42 Å². The van der Waals surface area contributed by atoms with Crippen LogP contribution < -0.4 is 5.32 Å². The Morgan fingerprint density at radius 1 is 1.15 bits per heavy atom. The lowest BCUT2D eigenvalue weighted by Crippen LogP contribution is -2.11. The number of aromatic nitrogens is 5.